The lowest BCUT2D eigenvalue weighted by Gasteiger charge is -2.26. The second-order valence-corrected chi connectivity index (χ2v) is 6.75. The minimum absolute atomic E-state index is 0.483. The third kappa shape index (κ3) is 3.30. The number of hydrogen-bond donors (Lipinski definition) is 0. The molecule has 1 heteroatoms. The molecule has 1 aliphatic carbocycles. The largest absolute Gasteiger partial charge is 0.0622 e. The van der Waals surface area contributed by atoms with Crippen LogP contribution in [0, 0.1) is 44.2 Å². The van der Waals surface area contributed by atoms with Crippen LogP contribution in [0.25, 0.3) is 0 Å². The normalized spacial score (nSPS) is 17.1. The van der Waals surface area contributed by atoms with Crippen LogP contribution in [0.3, 0.4) is 0 Å². The fourth-order valence-corrected chi connectivity index (χ4v) is 4.55. The molecule has 3 rings (SSSR count). The highest BCUT2D eigenvalue weighted by molar-refractivity contribution is 7.76. The lowest BCUT2D eigenvalue weighted by atomic mass is 10.2. The topological polar surface area (TPSA) is 0 Å². The van der Waals surface area contributed by atoms with Gasteiger partial charge in [0.05, 0.1) is 0 Å². The molecule has 0 N–H and O–H groups in total. The first-order valence-corrected chi connectivity index (χ1v) is 8.08. The first-order valence-electron chi connectivity index (χ1n) is 6.74. The zero-order valence-electron chi connectivity index (χ0n) is 11.2. The average molecular weight is 275 g/mol. The summed E-state index contributed by atoms with van der Waals surface area (Å²) >= 11 is 0. The van der Waals surface area contributed by atoms with E-state index in [9.17, 15) is 0 Å². The van der Waals surface area contributed by atoms with E-state index in [1.54, 1.807) is 0 Å². The summed E-state index contributed by atoms with van der Waals surface area (Å²) in [4.78, 5) is 0. The summed E-state index contributed by atoms with van der Waals surface area (Å²) in [5.74, 6) is 0. The molecule has 1 saturated carbocycles. The van der Waals surface area contributed by atoms with E-state index >= 15 is 0 Å². The maximum absolute atomic E-state index is 2.23. The summed E-state index contributed by atoms with van der Waals surface area (Å²) in [6.07, 6.45) is 12.9. The van der Waals surface area contributed by atoms with Crippen molar-refractivity contribution in [2.45, 2.75) is 0 Å². The molecular weight excluding hydrogens is 259 g/mol. The molecule has 7 radical (unpaired) electrons. The smallest absolute Gasteiger partial charge is 0.0161 e. The van der Waals surface area contributed by atoms with Crippen LogP contribution in [0.1, 0.15) is 0 Å². The fraction of sp³-hybridized carbons (Fsp3) is 0. The SMILES string of the molecule is [CH]1[CH][CH][CH][C](P(c2ccccc2)c2ccccc2)[CH][CH]1. The van der Waals surface area contributed by atoms with Gasteiger partial charge in [-0.3, -0.25) is 0 Å². The van der Waals surface area contributed by atoms with Gasteiger partial charge in [-0.25, -0.2) is 0 Å². The average Bonchev–Trinajstić information content (AvgIpc) is 2.79. The standard InChI is InChI=1S/C19H16P/c1-2-6-12-17(11-5-1)20(18-13-7-3-8-14-18)19-15-9-4-10-16-19/h1-16H. The lowest BCUT2D eigenvalue weighted by Crippen LogP contribution is -2.17. The Balaban J connectivity index is 1.95. The van der Waals surface area contributed by atoms with Crippen molar-refractivity contribution >= 4 is 18.5 Å². The van der Waals surface area contributed by atoms with E-state index in [0.29, 0.717) is 0 Å². The van der Waals surface area contributed by atoms with Crippen LogP contribution in [0.15, 0.2) is 60.7 Å². The maximum Gasteiger partial charge on any atom is 0.0161 e. The van der Waals surface area contributed by atoms with E-state index in [2.05, 4.69) is 99.2 Å². The Labute approximate surface area is 124 Å². The van der Waals surface area contributed by atoms with E-state index in [-0.39, 0.29) is 0 Å². The van der Waals surface area contributed by atoms with Gasteiger partial charge in [0.2, 0.25) is 0 Å². The van der Waals surface area contributed by atoms with E-state index in [1.807, 2.05) is 0 Å². The third-order valence-corrected chi connectivity index (χ3v) is 5.60. The number of rotatable bonds is 3. The Hall–Kier alpha value is -1.13. The zero-order chi connectivity index (χ0) is 13.6. The third-order valence-electron chi connectivity index (χ3n) is 3.15. The Kier molecular flexibility index (Phi) is 4.87. The number of benzene rings is 2. The van der Waals surface area contributed by atoms with Gasteiger partial charge in [-0.2, -0.15) is 0 Å². The molecule has 1 fully saturated rings. The molecule has 0 heterocycles. The van der Waals surface area contributed by atoms with Crippen LogP contribution in [0.5, 0.6) is 0 Å². The second kappa shape index (κ2) is 7.04. The van der Waals surface area contributed by atoms with Crippen molar-refractivity contribution in [3.63, 3.8) is 0 Å². The van der Waals surface area contributed by atoms with Crippen LogP contribution in [-0.2, 0) is 0 Å². The van der Waals surface area contributed by atoms with Gasteiger partial charge >= 0.3 is 0 Å². The van der Waals surface area contributed by atoms with Gasteiger partial charge in [0.25, 0.3) is 0 Å². The number of hydrogen-bond acceptors (Lipinski definition) is 0. The minimum Gasteiger partial charge on any atom is -0.0622 e. The summed E-state index contributed by atoms with van der Waals surface area (Å²) < 4.78 is 0. The Morgan fingerprint density at radius 1 is 0.500 bits per heavy atom. The van der Waals surface area contributed by atoms with Crippen molar-refractivity contribution in [3.8, 4) is 0 Å². The van der Waals surface area contributed by atoms with Gasteiger partial charge < -0.3 is 0 Å². The summed E-state index contributed by atoms with van der Waals surface area (Å²) in [6.45, 7) is 0. The van der Waals surface area contributed by atoms with E-state index in [0.717, 1.165) is 0 Å². The van der Waals surface area contributed by atoms with Gasteiger partial charge in [-0.05, 0) is 57.1 Å². The zero-order valence-corrected chi connectivity index (χ0v) is 12.1. The van der Waals surface area contributed by atoms with E-state index < -0.39 is 7.92 Å². The van der Waals surface area contributed by atoms with Crippen LogP contribution in [0.4, 0.5) is 0 Å². The molecule has 97 valence electrons. The molecule has 0 nitrogen and oxygen atoms in total. The summed E-state index contributed by atoms with van der Waals surface area (Å²) in [6, 6.07) is 21.6. The molecule has 0 atom stereocenters. The van der Waals surface area contributed by atoms with Gasteiger partial charge in [0.1, 0.15) is 0 Å². The van der Waals surface area contributed by atoms with Crippen LogP contribution >= 0.6 is 7.92 Å². The monoisotopic (exact) mass is 275 g/mol. The highest BCUT2D eigenvalue weighted by atomic mass is 31.1. The van der Waals surface area contributed by atoms with Crippen molar-refractivity contribution in [1.82, 2.24) is 0 Å². The molecule has 0 amide bonds. The highest BCUT2D eigenvalue weighted by Crippen LogP contribution is 2.49. The Morgan fingerprint density at radius 3 is 1.40 bits per heavy atom. The van der Waals surface area contributed by atoms with Crippen molar-refractivity contribution < 1.29 is 0 Å². The molecule has 0 bridgehead atoms. The van der Waals surface area contributed by atoms with Gasteiger partial charge in [0, 0.05) is 5.66 Å². The molecule has 0 unspecified atom stereocenters. The van der Waals surface area contributed by atoms with Gasteiger partial charge in [-0.15, -0.1) is 0 Å². The van der Waals surface area contributed by atoms with Crippen molar-refractivity contribution in [1.29, 1.82) is 0 Å². The Bertz CT molecular complexity index is 458. The molecular formula is C19H16P. The molecule has 2 aromatic rings. The van der Waals surface area contributed by atoms with Crippen LogP contribution in [-0.4, -0.2) is 0 Å². The molecule has 20 heavy (non-hydrogen) atoms. The summed E-state index contributed by atoms with van der Waals surface area (Å²) in [7, 11) is -0.483. The van der Waals surface area contributed by atoms with Crippen molar-refractivity contribution in [2.24, 2.45) is 0 Å². The van der Waals surface area contributed by atoms with E-state index in [1.165, 1.54) is 16.3 Å². The first kappa shape index (κ1) is 13.8. The second-order valence-electron chi connectivity index (χ2n) is 4.53. The van der Waals surface area contributed by atoms with E-state index in [4.69, 9.17) is 0 Å². The fourth-order valence-electron chi connectivity index (χ4n) is 2.24. The van der Waals surface area contributed by atoms with Gasteiger partial charge in [0.15, 0.2) is 0 Å². The lowest BCUT2D eigenvalue weighted by molar-refractivity contribution is 1.37. The highest BCUT2D eigenvalue weighted by Gasteiger charge is 2.26. The van der Waals surface area contributed by atoms with Crippen molar-refractivity contribution in [3.05, 3.63) is 105 Å². The van der Waals surface area contributed by atoms with Crippen LogP contribution < -0.4 is 10.6 Å². The predicted molar refractivity (Wildman–Crippen MR) is 88.1 cm³/mol. The molecule has 0 aromatic heterocycles. The van der Waals surface area contributed by atoms with Crippen LogP contribution in [0.2, 0.25) is 0 Å². The maximum atomic E-state index is 2.23. The molecule has 0 spiro atoms. The summed E-state index contributed by atoms with van der Waals surface area (Å²) in [5, 5.41) is 2.78. The summed E-state index contributed by atoms with van der Waals surface area (Å²) in [5.41, 5.74) is 1.38. The first-order chi connectivity index (χ1) is 9.95. The minimum atomic E-state index is -0.483. The predicted octanol–water partition coefficient (Wildman–Crippen LogP) is 3.89. The molecule has 1 aliphatic rings. The molecule has 0 saturated heterocycles. The molecule has 2 aromatic carbocycles. The molecule has 0 aliphatic heterocycles. The quantitative estimate of drug-likeness (QED) is 0.589. The van der Waals surface area contributed by atoms with Gasteiger partial charge in [-0.1, -0.05) is 60.7 Å². The Morgan fingerprint density at radius 2 is 0.950 bits per heavy atom. The van der Waals surface area contributed by atoms with Crippen molar-refractivity contribution in [2.75, 3.05) is 0 Å².